The number of nitrogens with zero attached hydrogens (tertiary/aromatic N) is 2. The molecule has 0 amide bonds. The first-order valence-electron chi connectivity index (χ1n) is 10.8. The van der Waals surface area contributed by atoms with E-state index in [0.29, 0.717) is 19.1 Å². The number of anilines is 1. The third kappa shape index (κ3) is 6.99. The Bertz CT molecular complexity index is 1020. The zero-order valence-electron chi connectivity index (χ0n) is 19.8. The topological polar surface area (TPSA) is 133 Å². The second-order valence-electron chi connectivity index (χ2n) is 7.83. The van der Waals surface area contributed by atoms with E-state index in [1.807, 2.05) is 31.3 Å². The van der Waals surface area contributed by atoms with E-state index in [1.165, 1.54) is 5.69 Å². The van der Waals surface area contributed by atoms with Gasteiger partial charge in [0.1, 0.15) is 18.1 Å². The minimum atomic E-state index is 0. The Hall–Kier alpha value is -2.04. The molecule has 2 aromatic carbocycles. The van der Waals surface area contributed by atoms with Gasteiger partial charge in [0.15, 0.2) is 0 Å². The molecule has 34 heavy (non-hydrogen) atoms. The smallest absolute Gasteiger partial charge is 0.121 e. The summed E-state index contributed by atoms with van der Waals surface area (Å²) in [6, 6.07) is 16.4. The van der Waals surface area contributed by atoms with Crippen LogP contribution in [0.25, 0.3) is 27.9 Å². The molecular formula is C25H34N4O4Sc-2. The molecule has 6 N–H and O–H groups in total. The third-order valence-corrected chi connectivity index (χ3v) is 5.74. The van der Waals surface area contributed by atoms with Gasteiger partial charge in [0.2, 0.25) is 0 Å². The first-order valence-corrected chi connectivity index (χ1v) is 10.8. The number of hydrogen-bond acceptors (Lipinski definition) is 5. The second kappa shape index (κ2) is 14.4. The van der Waals surface area contributed by atoms with E-state index in [2.05, 4.69) is 40.9 Å². The van der Waals surface area contributed by atoms with Crippen LogP contribution in [0.3, 0.4) is 0 Å². The first kappa shape index (κ1) is 30.0. The van der Waals surface area contributed by atoms with Gasteiger partial charge >= 0.3 is 0 Å². The van der Waals surface area contributed by atoms with Gasteiger partial charge in [0.25, 0.3) is 0 Å². The second-order valence-corrected chi connectivity index (χ2v) is 7.83. The van der Waals surface area contributed by atoms with E-state index in [9.17, 15) is 0 Å². The average molecular weight is 500 g/mol. The van der Waals surface area contributed by atoms with Gasteiger partial charge in [-0.15, -0.1) is 12.5 Å². The number of likely N-dealkylation sites (N-methyl/N-ethyl adjacent to an activating group) is 1. The van der Waals surface area contributed by atoms with Crippen molar-refractivity contribution in [1.82, 2.24) is 10.3 Å². The Morgan fingerprint density at radius 2 is 1.85 bits per heavy atom. The van der Waals surface area contributed by atoms with Crippen molar-refractivity contribution >= 4 is 16.6 Å². The van der Waals surface area contributed by atoms with E-state index in [0.717, 1.165) is 59.7 Å². The van der Waals surface area contributed by atoms with Gasteiger partial charge in [-0.3, -0.25) is 0 Å². The molecular weight excluding hydrogens is 465 g/mol. The molecule has 1 saturated heterocycles. The molecule has 1 fully saturated rings. The molecule has 1 aromatic heterocycles. The Morgan fingerprint density at radius 3 is 2.53 bits per heavy atom. The summed E-state index contributed by atoms with van der Waals surface area (Å²) in [5, 5.41) is 4.20. The molecule has 2 heterocycles. The summed E-state index contributed by atoms with van der Waals surface area (Å²) in [7, 11) is 3.59. The summed E-state index contributed by atoms with van der Waals surface area (Å²) < 4.78 is 11.2. The van der Waals surface area contributed by atoms with Gasteiger partial charge in [-0.25, -0.2) is 4.98 Å². The molecule has 9 heteroatoms. The summed E-state index contributed by atoms with van der Waals surface area (Å²) >= 11 is 0. The number of rotatable bonds is 9. The summed E-state index contributed by atoms with van der Waals surface area (Å²) in [5.74, 6) is 2.13. The van der Waals surface area contributed by atoms with Crippen molar-refractivity contribution in [3.63, 3.8) is 0 Å². The first-order chi connectivity index (χ1) is 15.2. The number of methoxy groups -OCH3 is 1. The van der Waals surface area contributed by atoms with Crippen LogP contribution >= 0.6 is 0 Å². The van der Waals surface area contributed by atoms with Gasteiger partial charge in [-0.05, 0) is 56.1 Å². The monoisotopic (exact) mass is 499 g/mol. The number of nitrogens with one attached hydrogen (secondary N) is 2. The SMILES string of the molecule is CNCCOc1ccc(-c2cc(N3C[CH-]C(CC[NH-])C3)c3ccc(OC)cc3n2)cc1.O.O.[Sc]. The molecule has 8 nitrogen and oxygen atoms in total. The molecule has 0 bridgehead atoms. The Balaban J connectivity index is 0.00000193. The molecule has 0 saturated carbocycles. The largest absolute Gasteiger partial charge is 0.677 e. The maximum Gasteiger partial charge on any atom is 0.121 e. The third-order valence-electron chi connectivity index (χ3n) is 5.74. The van der Waals surface area contributed by atoms with Gasteiger partial charge < -0.3 is 42.8 Å². The van der Waals surface area contributed by atoms with Crippen molar-refractivity contribution in [2.24, 2.45) is 5.92 Å². The molecule has 0 spiro atoms. The fourth-order valence-electron chi connectivity index (χ4n) is 4.02. The van der Waals surface area contributed by atoms with Gasteiger partial charge in [-0.1, -0.05) is 6.42 Å². The minimum absolute atomic E-state index is 0. The van der Waals surface area contributed by atoms with Crippen LogP contribution in [0.2, 0.25) is 0 Å². The molecule has 183 valence electrons. The van der Waals surface area contributed by atoms with E-state index >= 15 is 0 Å². The molecule has 4 rings (SSSR count). The van der Waals surface area contributed by atoms with Gasteiger partial charge in [0, 0.05) is 55.1 Å². The number of ether oxygens (including phenoxy) is 2. The zero-order valence-corrected chi connectivity index (χ0v) is 21.6. The summed E-state index contributed by atoms with van der Waals surface area (Å²) in [4.78, 5) is 7.35. The van der Waals surface area contributed by atoms with Crippen LogP contribution in [0.1, 0.15) is 6.42 Å². The Kier molecular flexibility index (Phi) is 12.7. The van der Waals surface area contributed by atoms with Crippen molar-refractivity contribution in [3.05, 3.63) is 60.7 Å². The quantitative estimate of drug-likeness (QED) is 0.357. The van der Waals surface area contributed by atoms with E-state index in [4.69, 9.17) is 20.2 Å². The summed E-state index contributed by atoms with van der Waals surface area (Å²) in [6.45, 7) is 3.76. The van der Waals surface area contributed by atoms with Crippen molar-refractivity contribution in [3.8, 4) is 22.8 Å². The van der Waals surface area contributed by atoms with Crippen LogP contribution in [-0.4, -0.2) is 62.9 Å². The Morgan fingerprint density at radius 1 is 1.12 bits per heavy atom. The zero-order chi connectivity index (χ0) is 21.6. The van der Waals surface area contributed by atoms with Crippen LogP contribution < -0.4 is 19.7 Å². The van der Waals surface area contributed by atoms with Crippen molar-refractivity contribution in [1.29, 1.82) is 0 Å². The number of pyridine rings is 1. The molecule has 0 aliphatic carbocycles. The molecule has 1 unspecified atom stereocenters. The fourth-order valence-corrected chi connectivity index (χ4v) is 4.02. The summed E-state index contributed by atoms with van der Waals surface area (Å²) in [6.07, 6.45) is 3.25. The van der Waals surface area contributed by atoms with Gasteiger partial charge in [-0.2, -0.15) is 6.54 Å². The molecule has 1 aliphatic heterocycles. The summed E-state index contributed by atoms with van der Waals surface area (Å²) in [5.41, 5.74) is 11.6. The number of aromatic nitrogens is 1. The molecule has 1 radical (unpaired) electrons. The predicted octanol–water partition coefficient (Wildman–Crippen LogP) is 2.94. The van der Waals surface area contributed by atoms with E-state index < -0.39 is 0 Å². The minimum Gasteiger partial charge on any atom is -0.677 e. The number of fused-ring (bicyclic) bond motifs is 1. The molecule has 1 atom stereocenters. The average Bonchev–Trinajstić information content (AvgIpc) is 3.27. The maximum absolute atomic E-state index is 7.55. The van der Waals surface area contributed by atoms with Crippen LogP contribution in [-0.2, 0) is 25.8 Å². The number of hydrogen-bond donors (Lipinski definition) is 1. The fraction of sp³-hybridized carbons (Fsp3) is 0.360. The van der Waals surface area contributed by atoms with Crippen LogP contribution in [0, 0.1) is 12.3 Å². The van der Waals surface area contributed by atoms with E-state index in [-0.39, 0.29) is 36.8 Å². The normalized spacial score (nSPS) is 14.7. The standard InChI is InChI=1S/C25H30N4O2.2H2O.Sc/c1-27-12-14-31-20-5-3-19(4-6-20)23-16-25(29-13-10-18(17-29)9-11-26)22-8-7-21(30-2)15-24(22)28-23;;;/h3-8,10,15-16,18,26-27H,9,11-14,17H2,1-2H3;2*1H2;/q-2;;;. The van der Waals surface area contributed by atoms with Crippen LogP contribution in [0.4, 0.5) is 5.69 Å². The van der Waals surface area contributed by atoms with E-state index in [1.54, 1.807) is 7.11 Å². The van der Waals surface area contributed by atoms with Crippen LogP contribution in [0.5, 0.6) is 11.5 Å². The predicted molar refractivity (Wildman–Crippen MR) is 134 cm³/mol. The van der Waals surface area contributed by atoms with Gasteiger partial charge in [0.05, 0.1) is 18.3 Å². The van der Waals surface area contributed by atoms with Crippen molar-refractivity contribution in [2.75, 3.05) is 51.8 Å². The van der Waals surface area contributed by atoms with Crippen LogP contribution in [0.15, 0.2) is 48.5 Å². The van der Waals surface area contributed by atoms with Crippen molar-refractivity contribution in [2.45, 2.75) is 6.42 Å². The maximum atomic E-state index is 7.55. The van der Waals surface area contributed by atoms with Crippen molar-refractivity contribution < 1.29 is 46.3 Å². The molecule has 3 aromatic rings. The molecule has 1 aliphatic rings. The number of benzene rings is 2. The Labute approximate surface area is 220 Å².